The molecule has 0 aromatic heterocycles. The number of phosphoric acid groups is 1. The first-order chi connectivity index (χ1) is 31.6. The number of carboxylic acid groups (broad SMARTS) is 1. The Balaban J connectivity index is 5.14. The van der Waals surface area contributed by atoms with Gasteiger partial charge in [-0.1, -0.05) is 178 Å². The van der Waals surface area contributed by atoms with Crippen LogP contribution in [0.4, 0.5) is 0 Å². The number of unbranched alkanes of at least 4 members (excludes halogenated alkanes) is 19. The zero-order valence-corrected chi connectivity index (χ0v) is 43.5. The van der Waals surface area contributed by atoms with Crippen LogP contribution in [0.3, 0.4) is 0 Å². The molecule has 66 heavy (non-hydrogen) atoms. The van der Waals surface area contributed by atoms with Gasteiger partial charge in [-0.05, 0) is 38.5 Å². The number of carbonyl (C=O) groups excluding carboxylic acids is 2. The summed E-state index contributed by atoms with van der Waals surface area (Å²) in [6.45, 7) is 3.83. The molecule has 15 heteroatoms. The molecule has 0 radical (unpaired) electrons. The number of quaternary nitrogens is 1. The maximum atomic E-state index is 13.3. The molecule has 384 valence electrons. The average molecular weight is 974 g/mol. The van der Waals surface area contributed by atoms with E-state index in [2.05, 4.69) is 26.0 Å². The Hall–Kier alpha value is -2.29. The number of aliphatic hydroxyl groups excluding tert-OH is 1. The molecule has 0 fully saturated rings. The molecule has 0 spiro atoms. The van der Waals surface area contributed by atoms with Crippen molar-refractivity contribution >= 4 is 37.5 Å². The first-order valence-electron chi connectivity index (χ1n) is 25.3. The van der Waals surface area contributed by atoms with Crippen LogP contribution in [-0.4, -0.2) is 114 Å². The molecule has 0 heterocycles. The standard InChI is InChI=1S/C51H93N2O11PS/c1-6-8-10-12-14-16-18-20-21-22-23-24-26-28-30-32-34-39-50(57)61-42-45(43-63-65(59,60)62-41-40-53(3,4)5)64-51(58)46(52)44-66-48(47(54)36-35-38-49(55)56)37-33-31-29-27-25-19-17-15-13-11-9-7-2/h15,17,25,27,29,31,33,37,45-48,54H,6-14,16,18-24,26,28,30,32,34-36,38-44,52H2,1-5H3,(H-,55,56,59,60)/p+1/b17-15-,27-25-,31-29+,37-33+/t45-,46+,47+,48-/m1/s1. The monoisotopic (exact) mass is 974 g/mol. The minimum atomic E-state index is -4.54. The second kappa shape index (κ2) is 42.8. The summed E-state index contributed by atoms with van der Waals surface area (Å²) in [6.07, 6.45) is 40.5. The van der Waals surface area contributed by atoms with Gasteiger partial charge in [0.1, 0.15) is 25.8 Å². The summed E-state index contributed by atoms with van der Waals surface area (Å²) in [5, 5.41) is 19.5. The molecule has 0 aliphatic carbocycles. The lowest BCUT2D eigenvalue weighted by Gasteiger charge is -2.25. The minimum absolute atomic E-state index is 0.0252. The average Bonchev–Trinajstić information content (AvgIpc) is 3.26. The number of rotatable bonds is 46. The molecule has 0 amide bonds. The Morgan fingerprint density at radius 1 is 0.697 bits per heavy atom. The van der Waals surface area contributed by atoms with Crippen LogP contribution in [0.5, 0.6) is 0 Å². The molecular weight excluding hydrogens is 880 g/mol. The highest BCUT2D eigenvalue weighted by molar-refractivity contribution is 8.00. The topological polar surface area (TPSA) is 192 Å². The van der Waals surface area contributed by atoms with E-state index in [9.17, 15) is 28.9 Å². The Bertz CT molecular complexity index is 1390. The van der Waals surface area contributed by atoms with Gasteiger partial charge in [0, 0.05) is 23.8 Å². The Labute approximate surface area is 405 Å². The molecule has 1 unspecified atom stereocenters. The van der Waals surface area contributed by atoms with Crippen LogP contribution in [0.25, 0.3) is 0 Å². The van der Waals surface area contributed by atoms with Gasteiger partial charge in [0.15, 0.2) is 6.10 Å². The number of aliphatic carboxylic acids is 1. The van der Waals surface area contributed by atoms with E-state index in [1.807, 2.05) is 45.4 Å². The van der Waals surface area contributed by atoms with Crippen molar-refractivity contribution in [2.45, 2.75) is 204 Å². The van der Waals surface area contributed by atoms with Gasteiger partial charge in [-0.2, -0.15) is 0 Å². The molecule has 0 aromatic carbocycles. The van der Waals surface area contributed by atoms with Gasteiger partial charge in [0.25, 0.3) is 0 Å². The lowest BCUT2D eigenvalue weighted by atomic mass is 10.0. The van der Waals surface area contributed by atoms with Gasteiger partial charge in [0.2, 0.25) is 0 Å². The van der Waals surface area contributed by atoms with E-state index in [-0.39, 0.29) is 38.0 Å². The van der Waals surface area contributed by atoms with Crippen molar-refractivity contribution in [2.24, 2.45) is 5.73 Å². The number of likely N-dealkylation sites (N-methyl/N-ethyl adjacent to an activating group) is 1. The second-order valence-corrected chi connectivity index (χ2v) is 21.1. The SMILES string of the molecule is CCCCC/C=C\C\C=C/C=C/C=C/[C@@H](SC[C@H](N)C(=O)O[C@H](COC(=O)CCCCCCCCCCCCCCCCCCC)COP(=O)(O)OCC[N+](C)(C)C)[C@@H](O)CCCC(=O)O. The van der Waals surface area contributed by atoms with E-state index in [1.165, 1.54) is 114 Å². The summed E-state index contributed by atoms with van der Waals surface area (Å²) in [7, 11) is 1.18. The van der Waals surface area contributed by atoms with Gasteiger partial charge >= 0.3 is 25.7 Å². The van der Waals surface area contributed by atoms with Crippen LogP contribution >= 0.6 is 19.6 Å². The molecular formula is C51H94N2O11PS+. The lowest BCUT2D eigenvalue weighted by Crippen LogP contribution is -2.40. The number of hydrogen-bond donors (Lipinski definition) is 4. The molecule has 0 saturated carbocycles. The van der Waals surface area contributed by atoms with Crippen molar-refractivity contribution < 1.29 is 57.1 Å². The number of nitrogens with zero attached hydrogens (tertiary/aromatic N) is 1. The van der Waals surface area contributed by atoms with Crippen molar-refractivity contribution in [3.8, 4) is 0 Å². The van der Waals surface area contributed by atoms with Gasteiger partial charge in [-0.15, -0.1) is 11.8 Å². The van der Waals surface area contributed by atoms with Gasteiger partial charge in [-0.3, -0.25) is 23.4 Å². The van der Waals surface area contributed by atoms with Crippen molar-refractivity contribution in [1.82, 2.24) is 0 Å². The molecule has 13 nitrogen and oxygen atoms in total. The third-order valence-corrected chi connectivity index (χ3v) is 13.3. The van der Waals surface area contributed by atoms with Crippen molar-refractivity contribution in [2.75, 3.05) is 53.3 Å². The number of carboxylic acids is 1. The number of allylic oxidation sites excluding steroid dienone is 7. The highest BCUT2D eigenvalue weighted by Gasteiger charge is 2.29. The van der Waals surface area contributed by atoms with E-state index in [4.69, 9.17) is 29.4 Å². The largest absolute Gasteiger partial charge is 0.481 e. The fraction of sp³-hybridized carbons (Fsp3) is 0.784. The Morgan fingerprint density at radius 3 is 1.83 bits per heavy atom. The van der Waals surface area contributed by atoms with Gasteiger partial charge in [-0.25, -0.2) is 4.57 Å². The predicted molar refractivity (Wildman–Crippen MR) is 271 cm³/mol. The van der Waals surface area contributed by atoms with Crippen LogP contribution in [0.1, 0.15) is 181 Å². The number of esters is 2. The Morgan fingerprint density at radius 2 is 1.26 bits per heavy atom. The summed E-state index contributed by atoms with van der Waals surface area (Å²) in [5.74, 6) is -2.26. The summed E-state index contributed by atoms with van der Waals surface area (Å²) in [4.78, 5) is 47.4. The molecule has 0 aliphatic rings. The summed E-state index contributed by atoms with van der Waals surface area (Å²) in [5.41, 5.74) is 6.26. The fourth-order valence-electron chi connectivity index (χ4n) is 6.73. The molecule has 5 N–H and O–H groups in total. The number of ether oxygens (including phenoxy) is 2. The van der Waals surface area contributed by atoms with E-state index in [1.54, 1.807) is 12.2 Å². The second-order valence-electron chi connectivity index (χ2n) is 18.4. The normalized spacial score (nSPS) is 15.2. The van der Waals surface area contributed by atoms with Gasteiger partial charge in [0.05, 0.1) is 33.9 Å². The third kappa shape index (κ3) is 43.0. The molecule has 0 aromatic rings. The maximum absolute atomic E-state index is 13.3. The van der Waals surface area contributed by atoms with Crippen LogP contribution in [-0.2, 0) is 37.5 Å². The van der Waals surface area contributed by atoms with E-state index >= 15 is 0 Å². The quantitative estimate of drug-likeness (QED) is 0.0113. The first kappa shape index (κ1) is 63.7. The van der Waals surface area contributed by atoms with Crippen LogP contribution in [0, 0.1) is 0 Å². The van der Waals surface area contributed by atoms with Crippen molar-refractivity contribution in [3.63, 3.8) is 0 Å². The first-order valence-corrected chi connectivity index (χ1v) is 27.8. The number of phosphoric ester groups is 1. The molecule has 0 aliphatic heterocycles. The number of aliphatic hydroxyl groups is 1. The molecule has 0 saturated heterocycles. The zero-order valence-electron chi connectivity index (χ0n) is 41.8. The zero-order chi connectivity index (χ0) is 49.2. The van der Waals surface area contributed by atoms with Crippen molar-refractivity contribution in [3.05, 3.63) is 48.6 Å². The molecule has 0 bridgehead atoms. The Kier molecular flexibility index (Phi) is 41.3. The molecule has 5 atom stereocenters. The van der Waals surface area contributed by atoms with E-state index in [0.717, 1.165) is 32.1 Å². The number of nitrogens with two attached hydrogens (primary N) is 1. The van der Waals surface area contributed by atoms with Crippen LogP contribution in [0.2, 0.25) is 0 Å². The van der Waals surface area contributed by atoms with E-state index in [0.29, 0.717) is 17.4 Å². The maximum Gasteiger partial charge on any atom is 0.472 e. The summed E-state index contributed by atoms with van der Waals surface area (Å²) < 4.78 is 34.5. The van der Waals surface area contributed by atoms with Crippen LogP contribution < -0.4 is 5.73 Å². The smallest absolute Gasteiger partial charge is 0.472 e. The number of carbonyl (C=O) groups is 3. The van der Waals surface area contributed by atoms with Gasteiger partial charge < -0.3 is 34.8 Å². The summed E-state index contributed by atoms with van der Waals surface area (Å²) in [6, 6.07) is -1.18. The van der Waals surface area contributed by atoms with E-state index < -0.39 is 62.4 Å². The predicted octanol–water partition coefficient (Wildman–Crippen LogP) is 11.6. The number of thioether (sulfide) groups is 1. The highest BCUT2D eigenvalue weighted by atomic mass is 32.2. The fourth-order valence-corrected chi connectivity index (χ4v) is 8.60. The third-order valence-electron chi connectivity index (χ3n) is 10.9. The summed E-state index contributed by atoms with van der Waals surface area (Å²) >= 11 is 1.21. The number of hydrogen-bond acceptors (Lipinski definition) is 11. The minimum Gasteiger partial charge on any atom is -0.481 e. The van der Waals surface area contributed by atoms with Crippen molar-refractivity contribution in [1.29, 1.82) is 0 Å². The lowest BCUT2D eigenvalue weighted by molar-refractivity contribution is -0.870. The highest BCUT2D eigenvalue weighted by Crippen LogP contribution is 2.43. The molecule has 0 rings (SSSR count). The van der Waals surface area contributed by atoms with Crippen LogP contribution in [0.15, 0.2) is 48.6 Å².